The lowest BCUT2D eigenvalue weighted by atomic mass is 10.1. The van der Waals surface area contributed by atoms with Crippen molar-refractivity contribution >= 4 is 60.8 Å². The summed E-state index contributed by atoms with van der Waals surface area (Å²) in [7, 11) is -0.588. The quantitative estimate of drug-likeness (QED) is 0.298. The molecule has 13 heteroatoms. The summed E-state index contributed by atoms with van der Waals surface area (Å²) in [5, 5.41) is 5.29. The minimum atomic E-state index is -3.98. The van der Waals surface area contributed by atoms with Crippen LogP contribution in [0.3, 0.4) is 0 Å². The number of nitrogens with zero attached hydrogens (tertiary/aromatic N) is 3. The summed E-state index contributed by atoms with van der Waals surface area (Å²) in [6, 6.07) is 10.0. The Morgan fingerprint density at radius 2 is 1.76 bits per heavy atom. The van der Waals surface area contributed by atoms with Gasteiger partial charge in [-0.15, -0.1) is 0 Å². The molecule has 0 amide bonds. The van der Waals surface area contributed by atoms with E-state index in [0.717, 1.165) is 10.0 Å². The highest BCUT2D eigenvalue weighted by Gasteiger charge is 2.19. The van der Waals surface area contributed by atoms with Gasteiger partial charge >= 0.3 is 0 Å². The zero-order valence-corrected chi connectivity index (χ0v) is 22.1. The second kappa shape index (κ2) is 10.4. The van der Waals surface area contributed by atoms with E-state index < -0.39 is 15.6 Å². The fourth-order valence-electron chi connectivity index (χ4n) is 3.13. The standard InChI is InChI=1S/C21H21BrCl2N6O3S/c1-30(2)20(27-10-14-15(23)8-13(9-16(14)24)34(26,32)33)18-19(25)28-17(29-21(18)31)7-11-3-5-12(22)6-4-11/h3-6,8-9H,7,10H2,1-2H3,(H2,26,32,33)(H3,25,28,29,31)/b27-20+. The maximum Gasteiger partial charge on any atom is 0.264 e. The SMILES string of the molecule is CN(C)/C(=N/Cc1c(Cl)cc(S(N)(=O)=O)cc1Cl)c1c(N)nc(Cc2ccc(Br)cc2)[nH]c1=O. The molecule has 1 heterocycles. The fourth-order valence-corrected chi connectivity index (χ4v) is 4.69. The highest BCUT2D eigenvalue weighted by Crippen LogP contribution is 2.29. The molecular weight excluding hydrogens is 567 g/mol. The number of hydrogen-bond acceptors (Lipinski definition) is 6. The molecule has 0 aliphatic carbocycles. The van der Waals surface area contributed by atoms with Crippen molar-refractivity contribution < 1.29 is 8.42 Å². The smallest absolute Gasteiger partial charge is 0.264 e. The number of rotatable bonds is 6. The number of aromatic nitrogens is 2. The van der Waals surface area contributed by atoms with Gasteiger partial charge in [0.2, 0.25) is 10.0 Å². The van der Waals surface area contributed by atoms with E-state index in [1.807, 2.05) is 24.3 Å². The molecule has 0 aliphatic rings. The summed E-state index contributed by atoms with van der Waals surface area (Å²) >= 11 is 15.8. The molecule has 0 unspecified atom stereocenters. The molecule has 5 N–H and O–H groups in total. The van der Waals surface area contributed by atoms with Crippen LogP contribution in [0.4, 0.5) is 5.82 Å². The molecule has 2 aromatic carbocycles. The molecule has 0 radical (unpaired) electrons. The number of nitrogens with two attached hydrogens (primary N) is 2. The van der Waals surface area contributed by atoms with Gasteiger partial charge in [0.15, 0.2) is 0 Å². The second-order valence-electron chi connectivity index (χ2n) is 7.52. The first kappa shape index (κ1) is 26.2. The normalized spacial score (nSPS) is 12.1. The zero-order chi connectivity index (χ0) is 25.2. The Balaban J connectivity index is 1.96. The molecule has 0 aliphatic heterocycles. The lowest BCUT2D eigenvalue weighted by molar-refractivity contribution is 0.597. The number of aliphatic imine (C=N–C) groups is 1. The van der Waals surface area contributed by atoms with Gasteiger partial charge in [-0.2, -0.15) is 0 Å². The van der Waals surface area contributed by atoms with Crippen LogP contribution in [0.1, 0.15) is 22.5 Å². The Bertz CT molecular complexity index is 1400. The highest BCUT2D eigenvalue weighted by atomic mass is 79.9. The van der Waals surface area contributed by atoms with E-state index in [2.05, 4.69) is 30.9 Å². The van der Waals surface area contributed by atoms with Crippen molar-refractivity contribution in [2.45, 2.75) is 17.9 Å². The van der Waals surface area contributed by atoms with Gasteiger partial charge in [-0.05, 0) is 29.8 Å². The molecule has 0 atom stereocenters. The molecule has 0 bridgehead atoms. The van der Waals surface area contributed by atoms with E-state index in [-0.39, 0.29) is 38.7 Å². The van der Waals surface area contributed by atoms with E-state index in [0.29, 0.717) is 17.8 Å². The minimum absolute atomic E-state index is 0.0186. The van der Waals surface area contributed by atoms with Crippen molar-refractivity contribution in [1.82, 2.24) is 14.9 Å². The number of halogens is 3. The van der Waals surface area contributed by atoms with Crippen LogP contribution in [0.25, 0.3) is 0 Å². The average molecular weight is 588 g/mol. The van der Waals surface area contributed by atoms with E-state index in [4.69, 9.17) is 34.1 Å². The van der Waals surface area contributed by atoms with Gasteiger partial charge in [0, 0.05) is 40.6 Å². The van der Waals surface area contributed by atoms with Crippen LogP contribution < -0.4 is 16.4 Å². The molecule has 0 fully saturated rings. The molecule has 1 aromatic heterocycles. The van der Waals surface area contributed by atoms with Crippen LogP contribution >= 0.6 is 39.1 Å². The van der Waals surface area contributed by atoms with Crippen molar-refractivity contribution in [1.29, 1.82) is 0 Å². The Kier molecular flexibility index (Phi) is 8.04. The first-order valence-electron chi connectivity index (χ1n) is 9.72. The largest absolute Gasteiger partial charge is 0.383 e. The third kappa shape index (κ3) is 6.16. The Morgan fingerprint density at radius 3 is 2.26 bits per heavy atom. The number of anilines is 1. The lowest BCUT2D eigenvalue weighted by Crippen LogP contribution is -2.32. The minimum Gasteiger partial charge on any atom is -0.383 e. The highest BCUT2D eigenvalue weighted by molar-refractivity contribution is 9.10. The number of H-pyrrole nitrogens is 1. The molecule has 34 heavy (non-hydrogen) atoms. The summed E-state index contributed by atoms with van der Waals surface area (Å²) < 4.78 is 24.1. The van der Waals surface area contributed by atoms with Gasteiger partial charge in [0.25, 0.3) is 5.56 Å². The van der Waals surface area contributed by atoms with Gasteiger partial charge in [0.1, 0.15) is 23.0 Å². The Hall–Kier alpha value is -2.44. The average Bonchev–Trinajstić information content (AvgIpc) is 2.72. The summed E-state index contributed by atoms with van der Waals surface area (Å²) in [5.41, 5.74) is 7.12. The van der Waals surface area contributed by atoms with Crippen LogP contribution in [0.5, 0.6) is 0 Å². The molecule has 3 aromatic rings. The third-order valence-corrected chi connectivity index (χ3v) is 6.85. The Morgan fingerprint density at radius 1 is 1.18 bits per heavy atom. The lowest BCUT2D eigenvalue weighted by Gasteiger charge is -2.17. The first-order valence-corrected chi connectivity index (χ1v) is 12.8. The predicted octanol–water partition coefficient (Wildman–Crippen LogP) is 3.17. The van der Waals surface area contributed by atoms with Crippen molar-refractivity contribution in [2.24, 2.45) is 10.1 Å². The van der Waals surface area contributed by atoms with Crippen LogP contribution in [0.15, 0.2) is 55.6 Å². The molecule has 180 valence electrons. The fraction of sp³-hybridized carbons (Fsp3) is 0.190. The van der Waals surface area contributed by atoms with Crippen molar-refractivity contribution in [3.05, 3.63) is 83.8 Å². The van der Waals surface area contributed by atoms with Crippen LogP contribution in [0.2, 0.25) is 10.0 Å². The third-order valence-electron chi connectivity index (χ3n) is 4.76. The Labute approximate surface area is 215 Å². The molecule has 3 rings (SSSR count). The first-order chi connectivity index (χ1) is 15.9. The van der Waals surface area contributed by atoms with Crippen molar-refractivity contribution in [2.75, 3.05) is 19.8 Å². The molecule has 9 nitrogen and oxygen atoms in total. The number of nitrogen functional groups attached to an aromatic ring is 1. The van der Waals surface area contributed by atoms with E-state index in [9.17, 15) is 13.2 Å². The monoisotopic (exact) mass is 586 g/mol. The van der Waals surface area contributed by atoms with E-state index in [1.165, 1.54) is 12.1 Å². The molecule has 0 spiro atoms. The van der Waals surface area contributed by atoms with Gasteiger partial charge < -0.3 is 15.6 Å². The van der Waals surface area contributed by atoms with Crippen LogP contribution in [-0.2, 0) is 23.0 Å². The van der Waals surface area contributed by atoms with Crippen molar-refractivity contribution in [3.63, 3.8) is 0 Å². The van der Waals surface area contributed by atoms with Crippen LogP contribution in [-0.4, -0.2) is 43.2 Å². The number of primary sulfonamides is 1. The number of sulfonamides is 1. The molecular formula is C21H21BrCl2N6O3S. The van der Waals surface area contributed by atoms with Gasteiger partial charge in [-0.25, -0.2) is 18.5 Å². The van der Waals surface area contributed by atoms with Gasteiger partial charge in [-0.1, -0.05) is 51.3 Å². The second-order valence-corrected chi connectivity index (χ2v) is 10.8. The number of amidine groups is 1. The predicted molar refractivity (Wildman–Crippen MR) is 138 cm³/mol. The summed E-state index contributed by atoms with van der Waals surface area (Å²) in [5.74, 6) is 0.686. The topological polar surface area (TPSA) is 148 Å². The summed E-state index contributed by atoms with van der Waals surface area (Å²) in [4.78, 5) is 25.9. The number of benzene rings is 2. The van der Waals surface area contributed by atoms with Crippen molar-refractivity contribution in [3.8, 4) is 0 Å². The van der Waals surface area contributed by atoms with Crippen LogP contribution in [0, 0.1) is 0 Å². The maximum atomic E-state index is 12.9. The van der Waals surface area contributed by atoms with Gasteiger partial charge in [0.05, 0.1) is 11.4 Å². The molecule has 0 saturated carbocycles. The van der Waals surface area contributed by atoms with E-state index in [1.54, 1.807) is 19.0 Å². The zero-order valence-electron chi connectivity index (χ0n) is 18.1. The summed E-state index contributed by atoms with van der Waals surface area (Å²) in [6.45, 7) is -0.0460. The molecule has 0 saturated heterocycles. The van der Waals surface area contributed by atoms with E-state index >= 15 is 0 Å². The number of aromatic amines is 1. The maximum absolute atomic E-state index is 12.9. The van der Waals surface area contributed by atoms with Gasteiger partial charge in [-0.3, -0.25) is 9.79 Å². The number of nitrogens with one attached hydrogen (secondary N) is 1. The number of hydrogen-bond donors (Lipinski definition) is 3. The summed E-state index contributed by atoms with van der Waals surface area (Å²) in [6.07, 6.45) is 0.392.